The number of benzene rings is 2. The van der Waals surface area contributed by atoms with Gasteiger partial charge < -0.3 is 4.98 Å². The van der Waals surface area contributed by atoms with Crippen LogP contribution in [0.4, 0.5) is 4.39 Å². The molecule has 0 aliphatic heterocycles. The van der Waals surface area contributed by atoms with E-state index in [1.54, 1.807) is 12.1 Å². The van der Waals surface area contributed by atoms with Crippen LogP contribution in [-0.4, -0.2) is 36.1 Å². The molecule has 2 aromatic heterocycles. The first-order valence-corrected chi connectivity index (χ1v) is 13.3. The van der Waals surface area contributed by atoms with Crippen molar-refractivity contribution in [2.24, 2.45) is 0 Å². The van der Waals surface area contributed by atoms with Crippen molar-refractivity contribution in [2.75, 3.05) is 0 Å². The maximum absolute atomic E-state index is 13.4. The average molecular weight is 503 g/mol. The summed E-state index contributed by atoms with van der Waals surface area (Å²) in [7, 11) is 0. The van der Waals surface area contributed by atoms with Crippen molar-refractivity contribution in [3.05, 3.63) is 86.7 Å². The lowest BCUT2D eigenvalue weighted by Gasteiger charge is -2.39. The highest BCUT2D eigenvalue weighted by atomic mass is 19.1. The third-order valence-corrected chi connectivity index (χ3v) is 7.82. The molecule has 0 bridgehead atoms. The zero-order chi connectivity index (χ0) is 25.9. The molecule has 0 radical (unpaired) electrons. The van der Waals surface area contributed by atoms with Crippen molar-refractivity contribution in [2.45, 2.75) is 84.5 Å². The molecule has 2 aromatic carbocycles. The van der Waals surface area contributed by atoms with E-state index in [1.807, 2.05) is 16.8 Å². The molecular weight excluding hydrogens is 467 g/mol. The summed E-state index contributed by atoms with van der Waals surface area (Å²) < 4.78 is 15.2. The summed E-state index contributed by atoms with van der Waals surface area (Å²) in [6, 6.07) is 13.0. The van der Waals surface area contributed by atoms with Crippen molar-refractivity contribution < 1.29 is 4.39 Å². The molecular formula is C29H35FN6O. The van der Waals surface area contributed by atoms with Crippen molar-refractivity contribution in [3.63, 3.8) is 0 Å². The average Bonchev–Trinajstić information content (AvgIpc) is 3.35. The summed E-state index contributed by atoms with van der Waals surface area (Å²) in [4.78, 5) is 18.8. The highest BCUT2D eigenvalue weighted by Gasteiger charge is 2.32. The van der Waals surface area contributed by atoms with Gasteiger partial charge in [-0.2, -0.15) is 0 Å². The number of aromatic nitrogens is 5. The van der Waals surface area contributed by atoms with Crippen LogP contribution in [-0.2, 0) is 13.1 Å². The lowest BCUT2D eigenvalue weighted by molar-refractivity contribution is 0.0844. The van der Waals surface area contributed by atoms with Crippen LogP contribution in [0.25, 0.3) is 10.9 Å². The quantitative estimate of drug-likeness (QED) is 0.339. The van der Waals surface area contributed by atoms with Crippen LogP contribution in [0.2, 0.25) is 0 Å². The maximum Gasteiger partial charge on any atom is 0.252 e. The molecule has 4 aromatic rings. The van der Waals surface area contributed by atoms with Crippen LogP contribution in [0.15, 0.2) is 47.3 Å². The van der Waals surface area contributed by atoms with Gasteiger partial charge in [-0.05, 0) is 95.9 Å². The molecule has 1 atom stereocenters. The number of H-pyrrole nitrogens is 1. The van der Waals surface area contributed by atoms with E-state index in [-0.39, 0.29) is 17.4 Å². The van der Waals surface area contributed by atoms with Gasteiger partial charge in [-0.25, -0.2) is 9.07 Å². The fourth-order valence-corrected chi connectivity index (χ4v) is 5.63. The van der Waals surface area contributed by atoms with Gasteiger partial charge in [-0.1, -0.05) is 38.3 Å². The molecule has 1 fully saturated rings. The molecule has 1 N–H and O–H groups in total. The second-order valence-electron chi connectivity index (χ2n) is 10.4. The number of fused-ring (bicyclic) bond motifs is 1. The molecule has 0 amide bonds. The lowest BCUT2D eigenvalue weighted by Crippen LogP contribution is -2.41. The van der Waals surface area contributed by atoms with Crippen LogP contribution in [0, 0.1) is 19.7 Å². The van der Waals surface area contributed by atoms with E-state index in [1.165, 1.54) is 42.5 Å². The molecule has 2 heterocycles. The Kier molecular flexibility index (Phi) is 7.46. The second-order valence-corrected chi connectivity index (χ2v) is 10.4. The lowest BCUT2D eigenvalue weighted by atomic mass is 9.92. The number of halogens is 1. The topological polar surface area (TPSA) is 79.7 Å². The number of nitrogens with zero attached hydrogens (tertiary/aromatic N) is 5. The van der Waals surface area contributed by atoms with E-state index in [0.717, 1.165) is 47.1 Å². The van der Waals surface area contributed by atoms with Crippen LogP contribution in [0.5, 0.6) is 0 Å². The Balaban J connectivity index is 1.50. The fraction of sp³-hybridized carbons (Fsp3) is 0.448. The Morgan fingerprint density at radius 1 is 1.08 bits per heavy atom. The standard InChI is InChI=1S/C29H35FN6O/c1-4-27(28-32-33-34-36(28)17-21-10-12-24(30)13-11-21)35(25-8-6-5-7-9-25)18-23-16-22-14-19(2)20(3)15-26(22)31-29(23)37/h10-16,25,27H,4-9,17-18H2,1-3H3,(H,31,37)/t27-/m1/s1. The summed E-state index contributed by atoms with van der Waals surface area (Å²) in [6.45, 7) is 7.31. The van der Waals surface area contributed by atoms with Crippen LogP contribution in [0.3, 0.4) is 0 Å². The van der Waals surface area contributed by atoms with Gasteiger partial charge in [0.1, 0.15) is 5.82 Å². The third kappa shape index (κ3) is 5.49. The van der Waals surface area contributed by atoms with E-state index < -0.39 is 0 Å². The first-order valence-electron chi connectivity index (χ1n) is 13.3. The number of rotatable bonds is 8. The van der Waals surface area contributed by atoms with Crippen molar-refractivity contribution >= 4 is 10.9 Å². The molecule has 1 aliphatic rings. The van der Waals surface area contributed by atoms with E-state index in [9.17, 15) is 9.18 Å². The van der Waals surface area contributed by atoms with Crippen molar-refractivity contribution in [1.82, 2.24) is 30.1 Å². The number of tetrazole rings is 1. The van der Waals surface area contributed by atoms with E-state index in [0.29, 0.717) is 19.1 Å². The fourth-order valence-electron chi connectivity index (χ4n) is 5.63. The third-order valence-electron chi connectivity index (χ3n) is 7.82. The van der Waals surface area contributed by atoms with E-state index >= 15 is 0 Å². The minimum Gasteiger partial charge on any atom is -0.322 e. The van der Waals surface area contributed by atoms with Gasteiger partial charge in [0.2, 0.25) is 0 Å². The number of nitrogens with one attached hydrogen (secondary N) is 1. The molecule has 0 unspecified atom stereocenters. The number of pyridine rings is 1. The van der Waals surface area contributed by atoms with E-state index in [2.05, 4.69) is 52.2 Å². The van der Waals surface area contributed by atoms with Gasteiger partial charge in [0.15, 0.2) is 5.82 Å². The van der Waals surface area contributed by atoms with Crippen molar-refractivity contribution in [1.29, 1.82) is 0 Å². The Morgan fingerprint density at radius 3 is 2.54 bits per heavy atom. The SMILES string of the molecule is CC[C@H](c1nnnn1Cc1ccc(F)cc1)N(Cc1cc2cc(C)c(C)cc2[nH]c1=O)C1CCCCC1. The Morgan fingerprint density at radius 2 is 1.81 bits per heavy atom. The Hall–Kier alpha value is -3.39. The molecule has 1 aliphatic carbocycles. The van der Waals surface area contributed by atoms with E-state index in [4.69, 9.17) is 0 Å². The zero-order valence-electron chi connectivity index (χ0n) is 21.9. The summed E-state index contributed by atoms with van der Waals surface area (Å²) >= 11 is 0. The molecule has 5 rings (SSSR count). The number of hydrogen-bond acceptors (Lipinski definition) is 5. The number of aromatic amines is 1. The van der Waals surface area contributed by atoms with Gasteiger partial charge >= 0.3 is 0 Å². The summed E-state index contributed by atoms with van der Waals surface area (Å²) in [6.07, 6.45) is 6.62. The maximum atomic E-state index is 13.4. The van der Waals surface area contributed by atoms with Crippen LogP contribution < -0.4 is 5.56 Å². The van der Waals surface area contributed by atoms with Gasteiger partial charge in [0.25, 0.3) is 5.56 Å². The first-order chi connectivity index (χ1) is 17.9. The second kappa shape index (κ2) is 10.9. The minimum atomic E-state index is -0.262. The largest absolute Gasteiger partial charge is 0.322 e. The monoisotopic (exact) mass is 502 g/mol. The molecule has 194 valence electrons. The number of aryl methyl sites for hydroxylation is 2. The highest BCUT2D eigenvalue weighted by Crippen LogP contribution is 2.33. The van der Waals surface area contributed by atoms with Crippen molar-refractivity contribution in [3.8, 4) is 0 Å². The molecule has 8 heteroatoms. The van der Waals surface area contributed by atoms with Gasteiger partial charge in [-0.3, -0.25) is 9.69 Å². The zero-order valence-corrected chi connectivity index (χ0v) is 21.9. The summed E-state index contributed by atoms with van der Waals surface area (Å²) in [5.74, 6) is 0.516. The van der Waals surface area contributed by atoms with Gasteiger partial charge in [0.05, 0.1) is 12.6 Å². The highest BCUT2D eigenvalue weighted by molar-refractivity contribution is 5.80. The van der Waals surface area contributed by atoms with Crippen LogP contribution in [0.1, 0.15) is 79.6 Å². The number of hydrogen-bond donors (Lipinski definition) is 1. The predicted octanol–water partition coefficient (Wildman–Crippen LogP) is 5.60. The Bertz CT molecular complexity index is 1420. The predicted molar refractivity (Wildman–Crippen MR) is 143 cm³/mol. The molecule has 0 spiro atoms. The van der Waals surface area contributed by atoms with Gasteiger partial charge in [0, 0.05) is 23.7 Å². The molecule has 7 nitrogen and oxygen atoms in total. The Labute approximate surface area is 216 Å². The molecule has 0 saturated heterocycles. The smallest absolute Gasteiger partial charge is 0.252 e. The molecule has 37 heavy (non-hydrogen) atoms. The van der Waals surface area contributed by atoms with Crippen LogP contribution >= 0.6 is 0 Å². The first kappa shape index (κ1) is 25.3. The normalized spacial score (nSPS) is 15.5. The minimum absolute atomic E-state index is 0.0441. The van der Waals surface area contributed by atoms with Gasteiger partial charge in [-0.15, -0.1) is 5.10 Å². The summed E-state index contributed by atoms with van der Waals surface area (Å²) in [5.41, 5.74) is 4.90. The summed E-state index contributed by atoms with van der Waals surface area (Å²) in [5, 5.41) is 13.8. The molecule has 1 saturated carbocycles.